The third-order valence-electron chi connectivity index (χ3n) is 6.77. The molecule has 3 rings (SSSR count). The Labute approximate surface area is 204 Å². The zero-order valence-electron chi connectivity index (χ0n) is 20.1. The number of rotatable bonds is 9. The molecule has 1 aliphatic heterocycles. The SMILES string of the molecule is CCCC1CN(C(C)C(C(N)=O)c2ccc(F)c(F)c2)CCN1C(=O)C(N)Cc1ccc(F)cc1. The Balaban J connectivity index is 1.73. The Morgan fingerprint density at radius 1 is 1.06 bits per heavy atom. The molecule has 0 aromatic heterocycles. The van der Waals surface area contributed by atoms with E-state index in [1.165, 1.54) is 18.2 Å². The zero-order chi connectivity index (χ0) is 25.7. The molecule has 2 aromatic carbocycles. The second kappa shape index (κ2) is 11.7. The van der Waals surface area contributed by atoms with Crippen LogP contribution in [0.25, 0.3) is 0 Å². The van der Waals surface area contributed by atoms with Gasteiger partial charge >= 0.3 is 0 Å². The third kappa shape index (κ3) is 6.41. The molecule has 35 heavy (non-hydrogen) atoms. The second-order valence-electron chi connectivity index (χ2n) is 9.20. The van der Waals surface area contributed by atoms with E-state index in [0.717, 1.165) is 30.5 Å². The van der Waals surface area contributed by atoms with Crippen molar-refractivity contribution in [2.45, 2.75) is 57.2 Å². The first-order chi connectivity index (χ1) is 16.6. The standard InChI is InChI=1S/C26H33F3N4O2/c1-3-4-20-15-32(16(2)24(25(31)34)18-7-10-21(28)22(29)14-18)11-12-33(20)26(35)23(30)13-17-5-8-19(27)9-6-17/h5-10,14,16,20,23-24H,3-4,11-13,15,30H2,1-2H3,(H2,31,34). The predicted octanol–water partition coefficient (Wildman–Crippen LogP) is 2.94. The van der Waals surface area contributed by atoms with Crippen LogP contribution in [0, 0.1) is 17.5 Å². The average Bonchev–Trinajstić information content (AvgIpc) is 2.82. The molecule has 0 aliphatic carbocycles. The number of primary amides is 1. The Morgan fingerprint density at radius 2 is 1.74 bits per heavy atom. The number of halogens is 3. The van der Waals surface area contributed by atoms with Crippen molar-refractivity contribution in [3.63, 3.8) is 0 Å². The maximum Gasteiger partial charge on any atom is 0.240 e. The molecule has 0 saturated carbocycles. The lowest BCUT2D eigenvalue weighted by Crippen LogP contribution is -2.61. The summed E-state index contributed by atoms with van der Waals surface area (Å²) in [7, 11) is 0. The minimum absolute atomic E-state index is 0.124. The number of nitrogens with two attached hydrogens (primary N) is 2. The molecule has 4 unspecified atom stereocenters. The Morgan fingerprint density at radius 3 is 2.34 bits per heavy atom. The van der Waals surface area contributed by atoms with Gasteiger partial charge in [0, 0.05) is 31.7 Å². The van der Waals surface area contributed by atoms with Gasteiger partial charge in [0.25, 0.3) is 0 Å². The molecule has 0 bridgehead atoms. The molecule has 0 radical (unpaired) electrons. The van der Waals surface area contributed by atoms with Crippen LogP contribution < -0.4 is 11.5 Å². The van der Waals surface area contributed by atoms with Gasteiger partial charge in [-0.2, -0.15) is 0 Å². The van der Waals surface area contributed by atoms with Gasteiger partial charge in [-0.1, -0.05) is 31.5 Å². The van der Waals surface area contributed by atoms with Crippen LogP contribution in [-0.2, 0) is 16.0 Å². The van der Waals surface area contributed by atoms with Crippen molar-refractivity contribution in [2.75, 3.05) is 19.6 Å². The van der Waals surface area contributed by atoms with Gasteiger partial charge in [-0.05, 0) is 55.2 Å². The quantitative estimate of drug-likeness (QED) is 0.565. The van der Waals surface area contributed by atoms with E-state index < -0.39 is 29.5 Å². The van der Waals surface area contributed by atoms with Crippen LogP contribution in [0.3, 0.4) is 0 Å². The average molecular weight is 491 g/mol. The molecule has 9 heteroatoms. The fourth-order valence-electron chi connectivity index (χ4n) is 4.89. The number of amides is 2. The monoisotopic (exact) mass is 490 g/mol. The van der Waals surface area contributed by atoms with Gasteiger partial charge in [-0.15, -0.1) is 0 Å². The van der Waals surface area contributed by atoms with Crippen molar-refractivity contribution in [3.05, 3.63) is 71.0 Å². The van der Waals surface area contributed by atoms with Crippen molar-refractivity contribution in [1.82, 2.24) is 9.80 Å². The van der Waals surface area contributed by atoms with E-state index in [4.69, 9.17) is 11.5 Å². The van der Waals surface area contributed by atoms with Gasteiger partial charge in [-0.3, -0.25) is 14.5 Å². The molecular weight excluding hydrogens is 457 g/mol. The number of nitrogens with zero attached hydrogens (tertiary/aromatic N) is 2. The Hall–Kier alpha value is -2.91. The molecule has 4 atom stereocenters. The normalized spacial score (nSPS) is 19.3. The molecule has 1 heterocycles. The van der Waals surface area contributed by atoms with Gasteiger partial charge in [0.1, 0.15) is 5.82 Å². The van der Waals surface area contributed by atoms with Crippen LogP contribution in [0.5, 0.6) is 0 Å². The number of benzene rings is 2. The minimum Gasteiger partial charge on any atom is -0.369 e. The summed E-state index contributed by atoms with van der Waals surface area (Å²) in [5, 5.41) is 0. The molecule has 190 valence electrons. The molecule has 1 aliphatic rings. The Bertz CT molecular complexity index is 1030. The van der Waals surface area contributed by atoms with Gasteiger partial charge < -0.3 is 16.4 Å². The summed E-state index contributed by atoms with van der Waals surface area (Å²) in [6.45, 7) is 5.24. The highest BCUT2D eigenvalue weighted by atomic mass is 19.2. The minimum atomic E-state index is -1.03. The summed E-state index contributed by atoms with van der Waals surface area (Å²) in [5.41, 5.74) is 13.0. The first kappa shape index (κ1) is 26.7. The molecule has 1 fully saturated rings. The first-order valence-electron chi connectivity index (χ1n) is 11.9. The van der Waals surface area contributed by atoms with Crippen molar-refractivity contribution in [2.24, 2.45) is 11.5 Å². The van der Waals surface area contributed by atoms with Crippen LogP contribution >= 0.6 is 0 Å². The van der Waals surface area contributed by atoms with E-state index in [-0.39, 0.29) is 23.8 Å². The lowest BCUT2D eigenvalue weighted by Gasteiger charge is -2.45. The number of carbonyl (C=O) groups excluding carboxylic acids is 2. The smallest absolute Gasteiger partial charge is 0.240 e. The summed E-state index contributed by atoms with van der Waals surface area (Å²) >= 11 is 0. The van der Waals surface area contributed by atoms with Gasteiger partial charge in [0.2, 0.25) is 11.8 Å². The molecular formula is C26H33F3N4O2. The first-order valence-corrected chi connectivity index (χ1v) is 11.9. The summed E-state index contributed by atoms with van der Waals surface area (Å²) in [6.07, 6.45) is 1.88. The van der Waals surface area contributed by atoms with Crippen LogP contribution in [0.2, 0.25) is 0 Å². The fraction of sp³-hybridized carbons (Fsp3) is 0.462. The van der Waals surface area contributed by atoms with Gasteiger partial charge in [-0.25, -0.2) is 13.2 Å². The van der Waals surface area contributed by atoms with Crippen molar-refractivity contribution in [1.29, 1.82) is 0 Å². The third-order valence-corrected chi connectivity index (χ3v) is 6.77. The van der Waals surface area contributed by atoms with Crippen LogP contribution in [-0.4, -0.2) is 59.4 Å². The molecule has 2 amide bonds. The summed E-state index contributed by atoms with van der Waals surface area (Å²) in [4.78, 5) is 29.4. The largest absolute Gasteiger partial charge is 0.369 e. The fourth-order valence-corrected chi connectivity index (χ4v) is 4.89. The molecule has 4 N–H and O–H groups in total. The van der Waals surface area contributed by atoms with E-state index in [1.807, 2.05) is 13.8 Å². The molecule has 6 nitrogen and oxygen atoms in total. The van der Waals surface area contributed by atoms with Crippen LogP contribution in [0.1, 0.15) is 43.7 Å². The summed E-state index contributed by atoms with van der Waals surface area (Å²) in [5.74, 6) is -4.01. The van der Waals surface area contributed by atoms with Crippen molar-refractivity contribution < 1.29 is 22.8 Å². The zero-order valence-corrected chi connectivity index (χ0v) is 20.1. The highest BCUT2D eigenvalue weighted by molar-refractivity contribution is 5.83. The van der Waals surface area contributed by atoms with E-state index in [0.29, 0.717) is 31.6 Å². The van der Waals surface area contributed by atoms with Crippen LogP contribution in [0.15, 0.2) is 42.5 Å². The topological polar surface area (TPSA) is 92.7 Å². The molecule has 1 saturated heterocycles. The van der Waals surface area contributed by atoms with E-state index >= 15 is 0 Å². The number of hydrogen-bond acceptors (Lipinski definition) is 4. The second-order valence-corrected chi connectivity index (χ2v) is 9.20. The van der Waals surface area contributed by atoms with E-state index in [1.54, 1.807) is 17.0 Å². The highest BCUT2D eigenvalue weighted by Gasteiger charge is 2.37. The van der Waals surface area contributed by atoms with E-state index in [9.17, 15) is 22.8 Å². The van der Waals surface area contributed by atoms with Crippen LogP contribution in [0.4, 0.5) is 13.2 Å². The van der Waals surface area contributed by atoms with E-state index in [2.05, 4.69) is 4.90 Å². The summed E-state index contributed by atoms with van der Waals surface area (Å²) < 4.78 is 40.5. The van der Waals surface area contributed by atoms with Gasteiger partial charge in [0.05, 0.1) is 12.0 Å². The lowest BCUT2D eigenvalue weighted by atomic mass is 9.89. The van der Waals surface area contributed by atoms with Crippen molar-refractivity contribution in [3.8, 4) is 0 Å². The predicted molar refractivity (Wildman–Crippen MR) is 128 cm³/mol. The molecule has 0 spiro atoms. The number of hydrogen-bond donors (Lipinski definition) is 2. The maximum atomic E-state index is 13.8. The summed E-state index contributed by atoms with van der Waals surface area (Å²) in [6, 6.07) is 8.03. The van der Waals surface area contributed by atoms with Crippen molar-refractivity contribution >= 4 is 11.8 Å². The van der Waals surface area contributed by atoms with Gasteiger partial charge in [0.15, 0.2) is 11.6 Å². The Kier molecular flexibility index (Phi) is 8.91. The maximum absolute atomic E-state index is 13.8. The highest BCUT2D eigenvalue weighted by Crippen LogP contribution is 2.28. The number of carbonyl (C=O) groups is 2. The number of piperazine rings is 1. The molecule has 2 aromatic rings. The lowest BCUT2D eigenvalue weighted by molar-refractivity contribution is -0.139.